The van der Waals surface area contributed by atoms with E-state index in [1.165, 1.54) is 0 Å². The van der Waals surface area contributed by atoms with Gasteiger partial charge in [-0.25, -0.2) is 0 Å². The summed E-state index contributed by atoms with van der Waals surface area (Å²) in [6, 6.07) is 11.2. The van der Waals surface area contributed by atoms with Gasteiger partial charge in [0.25, 0.3) is 0 Å². The van der Waals surface area contributed by atoms with E-state index in [2.05, 4.69) is 37.2 Å². The van der Waals surface area contributed by atoms with Crippen molar-refractivity contribution >= 4 is 60.5 Å². The first-order chi connectivity index (χ1) is 8.06. The molecule has 0 bridgehead atoms. The van der Waals surface area contributed by atoms with Gasteiger partial charge in [0.05, 0.1) is 17.1 Å². The van der Waals surface area contributed by atoms with Crippen molar-refractivity contribution < 1.29 is 0 Å². The highest BCUT2D eigenvalue weighted by Crippen LogP contribution is 2.32. The first-order valence-corrected chi connectivity index (χ1v) is 6.80. The SMILES string of the molecule is Nc1ccc(Cl)cc1Nc1ccc(Br)cc1Br. The van der Waals surface area contributed by atoms with Crippen LogP contribution in [-0.4, -0.2) is 0 Å². The molecule has 0 amide bonds. The molecule has 0 fully saturated rings. The van der Waals surface area contributed by atoms with Crippen molar-refractivity contribution in [3.05, 3.63) is 50.4 Å². The van der Waals surface area contributed by atoms with Crippen LogP contribution in [0.25, 0.3) is 0 Å². The number of hydrogen-bond acceptors (Lipinski definition) is 2. The van der Waals surface area contributed by atoms with Crippen LogP contribution in [0, 0.1) is 0 Å². The summed E-state index contributed by atoms with van der Waals surface area (Å²) < 4.78 is 1.96. The van der Waals surface area contributed by atoms with Gasteiger partial charge in [0.2, 0.25) is 0 Å². The fourth-order valence-corrected chi connectivity index (χ4v) is 2.69. The Kier molecular flexibility index (Phi) is 3.97. The topological polar surface area (TPSA) is 38.0 Å². The van der Waals surface area contributed by atoms with Gasteiger partial charge >= 0.3 is 0 Å². The number of benzene rings is 2. The second-order valence-corrected chi connectivity index (χ2v) is 5.69. The molecule has 0 aliphatic carbocycles. The minimum absolute atomic E-state index is 0.648. The van der Waals surface area contributed by atoms with E-state index in [4.69, 9.17) is 17.3 Å². The molecule has 0 aliphatic heterocycles. The molecule has 0 aromatic heterocycles. The number of halogens is 3. The van der Waals surface area contributed by atoms with Gasteiger partial charge in [-0.2, -0.15) is 0 Å². The third-order valence-electron chi connectivity index (χ3n) is 2.22. The summed E-state index contributed by atoms with van der Waals surface area (Å²) in [7, 11) is 0. The number of hydrogen-bond donors (Lipinski definition) is 2. The zero-order valence-electron chi connectivity index (χ0n) is 8.68. The minimum atomic E-state index is 0.648. The Bertz CT molecular complexity index is 558. The molecule has 0 saturated carbocycles. The molecule has 0 saturated heterocycles. The van der Waals surface area contributed by atoms with Crippen LogP contribution in [-0.2, 0) is 0 Å². The van der Waals surface area contributed by atoms with Crippen LogP contribution in [0.1, 0.15) is 0 Å². The fraction of sp³-hybridized carbons (Fsp3) is 0. The first-order valence-electron chi connectivity index (χ1n) is 4.83. The summed E-state index contributed by atoms with van der Waals surface area (Å²) in [5.41, 5.74) is 8.25. The number of nitrogens with two attached hydrogens (primary N) is 1. The molecule has 5 heteroatoms. The van der Waals surface area contributed by atoms with Crippen molar-refractivity contribution in [3.63, 3.8) is 0 Å². The molecule has 3 N–H and O–H groups in total. The largest absolute Gasteiger partial charge is 0.397 e. The van der Waals surface area contributed by atoms with E-state index < -0.39 is 0 Å². The molecule has 0 unspecified atom stereocenters. The standard InChI is InChI=1S/C12H9Br2ClN2/c13-7-1-4-11(9(14)5-7)17-12-6-8(15)2-3-10(12)16/h1-6,17H,16H2. The van der Waals surface area contributed by atoms with E-state index >= 15 is 0 Å². The maximum atomic E-state index is 5.93. The average molecular weight is 376 g/mol. The lowest BCUT2D eigenvalue weighted by molar-refractivity contribution is 1.51. The Morgan fingerprint density at radius 2 is 1.76 bits per heavy atom. The Labute approximate surface area is 121 Å². The molecule has 2 aromatic carbocycles. The summed E-state index contributed by atoms with van der Waals surface area (Å²) in [4.78, 5) is 0. The normalized spacial score (nSPS) is 10.3. The zero-order valence-corrected chi connectivity index (χ0v) is 12.6. The average Bonchev–Trinajstić information content (AvgIpc) is 2.27. The molecule has 0 aliphatic rings. The zero-order chi connectivity index (χ0) is 12.4. The molecular formula is C12H9Br2ClN2. The first kappa shape index (κ1) is 12.7. The summed E-state index contributed by atoms with van der Waals surface area (Å²) in [5, 5.41) is 3.88. The maximum absolute atomic E-state index is 5.93. The van der Waals surface area contributed by atoms with E-state index in [-0.39, 0.29) is 0 Å². The molecule has 88 valence electrons. The van der Waals surface area contributed by atoms with Gasteiger partial charge in [-0.3, -0.25) is 0 Å². The summed E-state index contributed by atoms with van der Waals surface area (Å²) in [6.45, 7) is 0. The third-order valence-corrected chi connectivity index (χ3v) is 3.60. The van der Waals surface area contributed by atoms with Gasteiger partial charge in [0.1, 0.15) is 0 Å². The lowest BCUT2D eigenvalue weighted by Gasteiger charge is -2.11. The van der Waals surface area contributed by atoms with E-state index in [0.717, 1.165) is 20.3 Å². The van der Waals surface area contributed by atoms with Crippen molar-refractivity contribution in [2.45, 2.75) is 0 Å². The highest BCUT2D eigenvalue weighted by atomic mass is 79.9. The van der Waals surface area contributed by atoms with Crippen molar-refractivity contribution in [2.24, 2.45) is 0 Å². The van der Waals surface area contributed by atoms with Gasteiger partial charge in [0, 0.05) is 14.0 Å². The predicted octanol–water partition coefficient (Wildman–Crippen LogP) is 5.19. The van der Waals surface area contributed by atoms with Crippen LogP contribution >= 0.6 is 43.5 Å². The molecular weight excluding hydrogens is 367 g/mol. The molecule has 2 rings (SSSR count). The van der Waals surface area contributed by atoms with Crippen LogP contribution in [0.3, 0.4) is 0 Å². The number of rotatable bonds is 2. The van der Waals surface area contributed by atoms with Crippen LogP contribution in [0.5, 0.6) is 0 Å². The summed E-state index contributed by atoms with van der Waals surface area (Å²) >= 11 is 12.8. The van der Waals surface area contributed by atoms with E-state index in [0.29, 0.717) is 10.7 Å². The second-order valence-electron chi connectivity index (χ2n) is 3.48. The van der Waals surface area contributed by atoms with Gasteiger partial charge in [-0.1, -0.05) is 27.5 Å². The van der Waals surface area contributed by atoms with Gasteiger partial charge in [0.15, 0.2) is 0 Å². The van der Waals surface area contributed by atoms with Crippen LogP contribution in [0.4, 0.5) is 17.1 Å². The number of nitrogens with one attached hydrogen (secondary N) is 1. The molecule has 0 atom stereocenters. The smallest absolute Gasteiger partial charge is 0.0633 e. The van der Waals surface area contributed by atoms with Crippen LogP contribution in [0.2, 0.25) is 5.02 Å². The number of nitrogen functional groups attached to an aromatic ring is 1. The Balaban J connectivity index is 2.34. The van der Waals surface area contributed by atoms with Crippen molar-refractivity contribution in [2.75, 3.05) is 11.1 Å². The van der Waals surface area contributed by atoms with Crippen molar-refractivity contribution in [1.82, 2.24) is 0 Å². The van der Waals surface area contributed by atoms with Gasteiger partial charge < -0.3 is 11.1 Å². The predicted molar refractivity (Wildman–Crippen MR) is 81.0 cm³/mol. The van der Waals surface area contributed by atoms with E-state index in [9.17, 15) is 0 Å². The molecule has 2 nitrogen and oxygen atoms in total. The summed E-state index contributed by atoms with van der Waals surface area (Å²) in [5.74, 6) is 0. The fourth-order valence-electron chi connectivity index (χ4n) is 1.37. The second kappa shape index (κ2) is 5.29. The lowest BCUT2D eigenvalue weighted by Crippen LogP contribution is -1.96. The van der Waals surface area contributed by atoms with Crippen LogP contribution in [0.15, 0.2) is 45.3 Å². The quantitative estimate of drug-likeness (QED) is 0.708. The Morgan fingerprint density at radius 1 is 1.00 bits per heavy atom. The summed E-state index contributed by atoms with van der Waals surface area (Å²) in [6.07, 6.45) is 0. The monoisotopic (exact) mass is 374 g/mol. The maximum Gasteiger partial charge on any atom is 0.0633 e. The lowest BCUT2D eigenvalue weighted by atomic mass is 10.2. The molecule has 0 radical (unpaired) electrons. The van der Waals surface area contributed by atoms with Gasteiger partial charge in [-0.05, 0) is 52.3 Å². The Morgan fingerprint density at radius 3 is 2.47 bits per heavy atom. The van der Waals surface area contributed by atoms with Crippen molar-refractivity contribution in [3.8, 4) is 0 Å². The van der Waals surface area contributed by atoms with Crippen LogP contribution < -0.4 is 11.1 Å². The molecule has 0 spiro atoms. The Hall–Kier alpha value is -0.710. The molecule has 17 heavy (non-hydrogen) atoms. The third kappa shape index (κ3) is 3.15. The van der Waals surface area contributed by atoms with E-state index in [1.807, 2.05) is 18.2 Å². The number of anilines is 3. The molecule has 0 heterocycles. The van der Waals surface area contributed by atoms with Gasteiger partial charge in [-0.15, -0.1) is 0 Å². The minimum Gasteiger partial charge on any atom is -0.397 e. The highest BCUT2D eigenvalue weighted by Gasteiger charge is 2.04. The van der Waals surface area contributed by atoms with E-state index in [1.54, 1.807) is 18.2 Å². The highest BCUT2D eigenvalue weighted by molar-refractivity contribution is 9.11. The van der Waals surface area contributed by atoms with Crippen molar-refractivity contribution in [1.29, 1.82) is 0 Å². The molecule has 2 aromatic rings.